The lowest BCUT2D eigenvalue weighted by atomic mass is 10.1. The predicted molar refractivity (Wildman–Crippen MR) is 67.8 cm³/mol. The van der Waals surface area contributed by atoms with Crippen LogP contribution in [0.3, 0.4) is 0 Å². The fourth-order valence-electron chi connectivity index (χ4n) is 1.85. The fraction of sp³-hybridized carbons (Fsp3) is 0.417. The van der Waals surface area contributed by atoms with Crippen molar-refractivity contribution in [2.75, 3.05) is 17.2 Å². The highest BCUT2D eigenvalue weighted by Crippen LogP contribution is 2.36. The minimum absolute atomic E-state index is 0.0404. The largest absolute Gasteiger partial charge is 0.324 e. The summed E-state index contributed by atoms with van der Waals surface area (Å²) in [5.74, 6) is 0.719. The third kappa shape index (κ3) is 1.95. The number of carbonyl (C=O) groups is 1. The van der Waals surface area contributed by atoms with Gasteiger partial charge in [0.15, 0.2) is 0 Å². The third-order valence-electron chi connectivity index (χ3n) is 2.77. The number of hydrogen-bond acceptors (Lipinski definition) is 3. The van der Waals surface area contributed by atoms with E-state index < -0.39 is 0 Å². The number of anilines is 1. The van der Waals surface area contributed by atoms with Crippen molar-refractivity contribution in [1.29, 1.82) is 0 Å². The van der Waals surface area contributed by atoms with Gasteiger partial charge in [-0.1, -0.05) is 6.07 Å². The zero-order chi connectivity index (χ0) is 11.7. The summed E-state index contributed by atoms with van der Waals surface area (Å²) >= 11 is 1.60. The van der Waals surface area contributed by atoms with E-state index in [0.717, 1.165) is 22.7 Å². The molecule has 0 fully saturated rings. The van der Waals surface area contributed by atoms with Gasteiger partial charge in [-0.05, 0) is 31.5 Å². The summed E-state index contributed by atoms with van der Waals surface area (Å²) in [6, 6.07) is 6.14. The zero-order valence-electron chi connectivity index (χ0n) is 9.56. The topological polar surface area (TPSA) is 46.3 Å². The van der Waals surface area contributed by atoms with E-state index in [1.165, 1.54) is 0 Å². The molecule has 2 N–H and O–H groups in total. The van der Waals surface area contributed by atoms with Crippen molar-refractivity contribution in [3.63, 3.8) is 0 Å². The molecule has 1 unspecified atom stereocenters. The maximum absolute atomic E-state index is 11.7. The van der Waals surface area contributed by atoms with Gasteiger partial charge < -0.3 is 10.6 Å². The van der Waals surface area contributed by atoms with Crippen LogP contribution < -0.4 is 10.6 Å². The average molecular weight is 236 g/mol. The van der Waals surface area contributed by atoms with Crippen molar-refractivity contribution >= 4 is 23.4 Å². The predicted octanol–water partition coefficient (Wildman–Crippen LogP) is 2.16. The molecule has 0 radical (unpaired) electrons. The van der Waals surface area contributed by atoms with Gasteiger partial charge in [0.2, 0.25) is 5.91 Å². The normalized spacial score (nSPS) is 17.2. The Morgan fingerprint density at radius 2 is 2.31 bits per heavy atom. The van der Waals surface area contributed by atoms with Crippen molar-refractivity contribution in [2.24, 2.45) is 5.73 Å². The van der Waals surface area contributed by atoms with Gasteiger partial charge >= 0.3 is 0 Å². The molecule has 1 aliphatic heterocycles. The summed E-state index contributed by atoms with van der Waals surface area (Å²) in [4.78, 5) is 14.7. The number of hydrogen-bond donors (Lipinski definition) is 1. The molecule has 1 atom stereocenters. The molecule has 1 heterocycles. The first-order chi connectivity index (χ1) is 7.63. The van der Waals surface area contributed by atoms with E-state index in [9.17, 15) is 4.79 Å². The Hall–Kier alpha value is -1.00. The number of nitrogens with zero attached hydrogens (tertiary/aromatic N) is 1. The zero-order valence-corrected chi connectivity index (χ0v) is 10.4. The second kappa shape index (κ2) is 4.47. The number of nitrogens with two attached hydrogens (primary N) is 1. The van der Waals surface area contributed by atoms with E-state index in [0.29, 0.717) is 5.75 Å². The van der Waals surface area contributed by atoms with E-state index in [2.05, 4.69) is 6.07 Å². The third-order valence-corrected chi connectivity index (χ3v) is 3.80. The molecule has 16 heavy (non-hydrogen) atoms. The molecule has 0 aromatic heterocycles. The summed E-state index contributed by atoms with van der Waals surface area (Å²) < 4.78 is 0. The quantitative estimate of drug-likeness (QED) is 0.856. The first-order valence-electron chi connectivity index (χ1n) is 5.46. The number of amides is 1. The number of benzene rings is 1. The van der Waals surface area contributed by atoms with Crippen LogP contribution in [0.5, 0.6) is 0 Å². The van der Waals surface area contributed by atoms with Crippen molar-refractivity contribution < 1.29 is 4.79 Å². The Bertz CT molecular complexity index is 417. The minimum atomic E-state index is 0.0404. The summed E-state index contributed by atoms with van der Waals surface area (Å²) in [6.07, 6.45) is 0. The van der Waals surface area contributed by atoms with Crippen LogP contribution in [0, 0.1) is 0 Å². The van der Waals surface area contributed by atoms with Crippen LogP contribution in [-0.2, 0) is 4.79 Å². The highest BCUT2D eigenvalue weighted by molar-refractivity contribution is 8.00. The Labute approximate surface area is 100.0 Å². The highest BCUT2D eigenvalue weighted by atomic mass is 32.2. The molecule has 1 amide bonds. The van der Waals surface area contributed by atoms with Gasteiger partial charge in [-0.3, -0.25) is 4.79 Å². The van der Waals surface area contributed by atoms with Gasteiger partial charge in [0.1, 0.15) is 0 Å². The summed E-state index contributed by atoms with van der Waals surface area (Å²) in [5.41, 5.74) is 7.99. The molecule has 0 spiro atoms. The Morgan fingerprint density at radius 1 is 1.56 bits per heavy atom. The molecular weight excluding hydrogens is 220 g/mol. The van der Waals surface area contributed by atoms with Gasteiger partial charge in [-0.25, -0.2) is 0 Å². The summed E-state index contributed by atoms with van der Waals surface area (Å²) in [5, 5.41) is 0. The molecular formula is C12H16N2OS. The van der Waals surface area contributed by atoms with Crippen LogP contribution in [0.2, 0.25) is 0 Å². The van der Waals surface area contributed by atoms with Crippen molar-refractivity contribution in [1.82, 2.24) is 0 Å². The molecule has 2 rings (SSSR count). The number of rotatable bonds is 2. The smallest absolute Gasteiger partial charge is 0.237 e. The van der Waals surface area contributed by atoms with Crippen molar-refractivity contribution in [3.8, 4) is 0 Å². The average Bonchev–Trinajstić information content (AvgIpc) is 2.28. The molecule has 1 aromatic rings. The van der Waals surface area contributed by atoms with Crippen LogP contribution in [-0.4, -0.2) is 18.2 Å². The van der Waals surface area contributed by atoms with Crippen molar-refractivity contribution in [2.45, 2.75) is 24.8 Å². The van der Waals surface area contributed by atoms with E-state index in [4.69, 9.17) is 5.73 Å². The maximum atomic E-state index is 11.7. The second-order valence-electron chi connectivity index (χ2n) is 3.94. The lowest BCUT2D eigenvalue weighted by Crippen LogP contribution is -2.35. The Balaban J connectivity index is 2.42. The monoisotopic (exact) mass is 236 g/mol. The molecule has 0 bridgehead atoms. The van der Waals surface area contributed by atoms with Crippen LogP contribution in [0.1, 0.15) is 25.5 Å². The maximum Gasteiger partial charge on any atom is 0.237 e. The van der Waals surface area contributed by atoms with Crippen LogP contribution in [0.4, 0.5) is 5.69 Å². The van der Waals surface area contributed by atoms with E-state index in [1.54, 1.807) is 11.8 Å². The van der Waals surface area contributed by atoms with Crippen molar-refractivity contribution in [3.05, 3.63) is 23.8 Å². The Morgan fingerprint density at radius 3 is 2.94 bits per heavy atom. The number of thioether (sulfide) groups is 1. The number of fused-ring (bicyclic) bond motifs is 1. The van der Waals surface area contributed by atoms with E-state index in [1.807, 2.05) is 30.9 Å². The van der Waals surface area contributed by atoms with E-state index in [-0.39, 0.29) is 11.9 Å². The van der Waals surface area contributed by atoms with E-state index >= 15 is 0 Å². The Kier molecular flexibility index (Phi) is 3.21. The molecule has 1 aliphatic rings. The van der Waals surface area contributed by atoms with Gasteiger partial charge in [-0.15, -0.1) is 11.8 Å². The molecule has 3 nitrogen and oxygen atoms in total. The summed E-state index contributed by atoms with van der Waals surface area (Å²) in [7, 11) is 0. The lowest BCUT2D eigenvalue weighted by Gasteiger charge is -2.28. The van der Waals surface area contributed by atoms with Gasteiger partial charge in [0, 0.05) is 17.5 Å². The minimum Gasteiger partial charge on any atom is -0.324 e. The first kappa shape index (κ1) is 11.5. The second-order valence-corrected chi connectivity index (χ2v) is 4.96. The summed E-state index contributed by atoms with van der Waals surface area (Å²) in [6.45, 7) is 4.69. The van der Waals surface area contributed by atoms with Crippen LogP contribution in [0.15, 0.2) is 23.1 Å². The first-order valence-corrected chi connectivity index (χ1v) is 6.44. The molecule has 0 saturated heterocycles. The SMILES string of the molecule is CCN1C(=O)CSc2cc(C(C)N)ccc21. The number of carbonyl (C=O) groups excluding carboxylic acids is 1. The standard InChI is InChI=1S/C12H16N2OS/c1-3-14-10-5-4-9(8(2)13)6-11(10)16-7-12(14)15/h4-6,8H,3,7,13H2,1-2H3. The molecule has 86 valence electrons. The fourth-order valence-corrected chi connectivity index (χ4v) is 2.83. The van der Waals surface area contributed by atoms with Gasteiger partial charge in [0.25, 0.3) is 0 Å². The molecule has 1 aromatic carbocycles. The molecule has 0 saturated carbocycles. The van der Waals surface area contributed by atoms with Gasteiger partial charge in [-0.2, -0.15) is 0 Å². The van der Waals surface area contributed by atoms with Crippen LogP contribution >= 0.6 is 11.8 Å². The highest BCUT2D eigenvalue weighted by Gasteiger charge is 2.23. The molecule has 0 aliphatic carbocycles. The van der Waals surface area contributed by atoms with Crippen LogP contribution in [0.25, 0.3) is 0 Å². The van der Waals surface area contributed by atoms with Gasteiger partial charge in [0.05, 0.1) is 11.4 Å². The molecule has 4 heteroatoms. The lowest BCUT2D eigenvalue weighted by molar-refractivity contribution is -0.116.